The molecular weight excluding hydrogens is 232 g/mol. The molecule has 0 spiro atoms. The van der Waals surface area contributed by atoms with E-state index in [2.05, 4.69) is 75.2 Å². The summed E-state index contributed by atoms with van der Waals surface area (Å²) < 4.78 is 0. The second-order valence-electron chi connectivity index (χ2n) is 6.49. The molecule has 0 radical (unpaired) electrons. The van der Waals surface area contributed by atoms with Crippen LogP contribution < -0.4 is 5.32 Å². The lowest BCUT2D eigenvalue weighted by Crippen LogP contribution is -2.42. The Balaban J connectivity index is 2.51. The second-order valence-corrected chi connectivity index (χ2v) is 6.49. The summed E-state index contributed by atoms with van der Waals surface area (Å²) >= 11 is 0. The predicted octanol–water partition coefficient (Wildman–Crippen LogP) is 3.53. The van der Waals surface area contributed by atoms with Crippen molar-refractivity contribution in [2.24, 2.45) is 5.41 Å². The fraction of sp³-hybridized carbons (Fsp3) is 0.647. The molecule has 0 amide bonds. The highest BCUT2D eigenvalue weighted by Crippen LogP contribution is 2.17. The summed E-state index contributed by atoms with van der Waals surface area (Å²) in [6.07, 6.45) is 0. The van der Waals surface area contributed by atoms with Crippen molar-refractivity contribution >= 4 is 0 Å². The van der Waals surface area contributed by atoms with Crippen molar-refractivity contribution < 1.29 is 0 Å². The summed E-state index contributed by atoms with van der Waals surface area (Å²) in [4.78, 5) is 2.53. The Hall–Kier alpha value is -0.860. The molecule has 2 nitrogen and oxygen atoms in total. The van der Waals surface area contributed by atoms with Gasteiger partial charge in [-0.1, -0.05) is 65.0 Å². The van der Waals surface area contributed by atoms with Gasteiger partial charge in [0.05, 0.1) is 0 Å². The zero-order chi connectivity index (χ0) is 14.3. The van der Waals surface area contributed by atoms with Crippen LogP contribution in [0.3, 0.4) is 0 Å². The van der Waals surface area contributed by atoms with E-state index in [1.165, 1.54) is 5.56 Å². The van der Waals surface area contributed by atoms with Crippen molar-refractivity contribution in [3.8, 4) is 0 Å². The molecule has 2 heteroatoms. The van der Waals surface area contributed by atoms with Gasteiger partial charge in [-0.2, -0.15) is 0 Å². The van der Waals surface area contributed by atoms with Gasteiger partial charge in [0.2, 0.25) is 0 Å². The van der Waals surface area contributed by atoms with Gasteiger partial charge in [-0.25, -0.2) is 0 Å². The zero-order valence-electron chi connectivity index (χ0n) is 13.2. The first-order valence-electron chi connectivity index (χ1n) is 7.42. The Morgan fingerprint density at radius 3 is 2.32 bits per heavy atom. The van der Waals surface area contributed by atoms with E-state index >= 15 is 0 Å². The summed E-state index contributed by atoms with van der Waals surface area (Å²) in [6.45, 7) is 15.7. The fourth-order valence-corrected chi connectivity index (χ4v) is 2.26. The first kappa shape index (κ1) is 16.2. The van der Waals surface area contributed by atoms with Crippen molar-refractivity contribution in [3.05, 3.63) is 35.9 Å². The van der Waals surface area contributed by atoms with Crippen LogP contribution in [0.2, 0.25) is 0 Å². The highest BCUT2D eigenvalue weighted by atomic mass is 15.1. The van der Waals surface area contributed by atoms with E-state index in [9.17, 15) is 0 Å². The number of benzene rings is 1. The first-order valence-corrected chi connectivity index (χ1v) is 7.42. The third-order valence-corrected chi connectivity index (χ3v) is 3.34. The third kappa shape index (κ3) is 6.74. The molecule has 0 aliphatic carbocycles. The summed E-state index contributed by atoms with van der Waals surface area (Å²) in [6, 6.07) is 11.3. The maximum Gasteiger partial charge on any atom is 0.0233 e. The molecule has 0 saturated carbocycles. The van der Waals surface area contributed by atoms with Gasteiger partial charge in [-0.15, -0.1) is 0 Å². The van der Waals surface area contributed by atoms with Gasteiger partial charge < -0.3 is 5.32 Å². The summed E-state index contributed by atoms with van der Waals surface area (Å²) in [7, 11) is 0. The minimum absolute atomic E-state index is 0.301. The molecule has 0 aromatic heterocycles. The summed E-state index contributed by atoms with van der Waals surface area (Å²) in [5.74, 6) is 0. The Kier molecular flexibility index (Phi) is 6.53. The van der Waals surface area contributed by atoms with E-state index < -0.39 is 0 Å². The van der Waals surface area contributed by atoms with Crippen LogP contribution in [-0.2, 0) is 6.54 Å². The number of hydrogen-bond acceptors (Lipinski definition) is 2. The van der Waals surface area contributed by atoms with Gasteiger partial charge in [0.25, 0.3) is 0 Å². The maximum atomic E-state index is 3.55. The van der Waals surface area contributed by atoms with Gasteiger partial charge in [-0.3, -0.25) is 4.90 Å². The molecule has 1 aromatic rings. The monoisotopic (exact) mass is 262 g/mol. The molecule has 0 unspecified atom stereocenters. The van der Waals surface area contributed by atoms with Crippen molar-refractivity contribution in [3.63, 3.8) is 0 Å². The minimum atomic E-state index is 0.301. The van der Waals surface area contributed by atoms with Crippen molar-refractivity contribution in [2.45, 2.75) is 47.2 Å². The topological polar surface area (TPSA) is 15.3 Å². The molecule has 108 valence electrons. The summed E-state index contributed by atoms with van der Waals surface area (Å²) in [5.41, 5.74) is 1.70. The van der Waals surface area contributed by atoms with E-state index in [1.54, 1.807) is 0 Å². The molecule has 0 aliphatic heterocycles. The molecule has 0 atom stereocenters. The molecule has 1 aromatic carbocycles. The molecule has 19 heavy (non-hydrogen) atoms. The van der Waals surface area contributed by atoms with Gasteiger partial charge in [0.1, 0.15) is 0 Å². The van der Waals surface area contributed by atoms with E-state index in [-0.39, 0.29) is 0 Å². The van der Waals surface area contributed by atoms with Crippen LogP contribution >= 0.6 is 0 Å². The lowest BCUT2D eigenvalue weighted by Gasteiger charge is -2.33. The lowest BCUT2D eigenvalue weighted by molar-refractivity contribution is 0.172. The number of nitrogens with one attached hydrogen (secondary N) is 1. The van der Waals surface area contributed by atoms with E-state index in [0.29, 0.717) is 11.5 Å². The van der Waals surface area contributed by atoms with Crippen LogP contribution in [0.5, 0.6) is 0 Å². The first-order chi connectivity index (χ1) is 8.93. The van der Waals surface area contributed by atoms with Crippen LogP contribution in [0.25, 0.3) is 0 Å². The molecule has 0 bridgehead atoms. The van der Waals surface area contributed by atoms with E-state index in [1.807, 2.05) is 0 Å². The molecular formula is C17H30N2. The normalized spacial score (nSPS) is 12.4. The SMILES string of the molecule is CCN(Cc1ccccc1)CC(C)(C)CNC(C)C. The van der Waals surface area contributed by atoms with E-state index in [0.717, 1.165) is 26.2 Å². The Labute approximate surface area is 119 Å². The zero-order valence-corrected chi connectivity index (χ0v) is 13.2. The number of rotatable bonds is 8. The van der Waals surface area contributed by atoms with Gasteiger partial charge >= 0.3 is 0 Å². The van der Waals surface area contributed by atoms with Crippen LogP contribution in [0, 0.1) is 5.41 Å². The fourth-order valence-electron chi connectivity index (χ4n) is 2.26. The Bertz CT molecular complexity index is 344. The molecule has 0 fully saturated rings. The standard InChI is InChI=1S/C17H30N2/c1-6-19(12-16-10-8-7-9-11-16)14-17(4,5)13-18-15(2)3/h7-11,15,18H,6,12-14H2,1-5H3. The minimum Gasteiger partial charge on any atom is -0.314 e. The smallest absolute Gasteiger partial charge is 0.0233 e. The third-order valence-electron chi connectivity index (χ3n) is 3.34. The molecule has 1 rings (SSSR count). The van der Waals surface area contributed by atoms with Crippen LogP contribution in [0.1, 0.15) is 40.2 Å². The van der Waals surface area contributed by atoms with Crippen LogP contribution in [0.15, 0.2) is 30.3 Å². The van der Waals surface area contributed by atoms with Crippen LogP contribution in [-0.4, -0.2) is 30.6 Å². The Morgan fingerprint density at radius 1 is 1.16 bits per heavy atom. The van der Waals surface area contributed by atoms with Crippen molar-refractivity contribution in [1.29, 1.82) is 0 Å². The average molecular weight is 262 g/mol. The van der Waals surface area contributed by atoms with Crippen molar-refractivity contribution in [2.75, 3.05) is 19.6 Å². The molecule has 1 N–H and O–H groups in total. The second kappa shape index (κ2) is 7.66. The largest absolute Gasteiger partial charge is 0.314 e. The molecule has 0 aliphatic rings. The highest BCUT2D eigenvalue weighted by molar-refractivity contribution is 5.14. The molecule has 0 heterocycles. The van der Waals surface area contributed by atoms with Crippen LogP contribution in [0.4, 0.5) is 0 Å². The average Bonchev–Trinajstić information content (AvgIpc) is 2.37. The highest BCUT2D eigenvalue weighted by Gasteiger charge is 2.21. The van der Waals surface area contributed by atoms with Gasteiger partial charge in [-0.05, 0) is 17.5 Å². The quantitative estimate of drug-likeness (QED) is 0.771. The maximum absolute atomic E-state index is 3.55. The van der Waals surface area contributed by atoms with E-state index in [4.69, 9.17) is 0 Å². The van der Waals surface area contributed by atoms with Gasteiger partial charge in [0.15, 0.2) is 0 Å². The molecule has 0 saturated heterocycles. The number of hydrogen-bond donors (Lipinski definition) is 1. The predicted molar refractivity (Wildman–Crippen MR) is 84.3 cm³/mol. The number of nitrogens with zero attached hydrogens (tertiary/aromatic N) is 1. The van der Waals surface area contributed by atoms with Crippen molar-refractivity contribution in [1.82, 2.24) is 10.2 Å². The summed E-state index contributed by atoms with van der Waals surface area (Å²) in [5, 5.41) is 3.55. The van der Waals surface area contributed by atoms with Gasteiger partial charge in [0, 0.05) is 25.7 Å². The Morgan fingerprint density at radius 2 is 1.79 bits per heavy atom. The lowest BCUT2D eigenvalue weighted by atomic mass is 9.92.